The number of aryl methyl sites for hydroxylation is 1. The zero-order valence-electron chi connectivity index (χ0n) is 14.6. The molecule has 9 heteroatoms. The number of benzene rings is 2. The van der Waals surface area contributed by atoms with Gasteiger partial charge in [0.1, 0.15) is 10.8 Å². The summed E-state index contributed by atoms with van der Waals surface area (Å²) in [6.07, 6.45) is 1.10. The summed E-state index contributed by atoms with van der Waals surface area (Å²) in [4.78, 5) is 8.25. The second-order valence-electron chi connectivity index (χ2n) is 6.00. The molecular weight excluding hydrogens is 397 g/mol. The van der Waals surface area contributed by atoms with Crippen molar-refractivity contribution in [3.63, 3.8) is 0 Å². The molecule has 0 aliphatic heterocycles. The fraction of sp³-hybridized carbons (Fsp3) is 0.158. The Labute approximate surface area is 161 Å². The summed E-state index contributed by atoms with van der Waals surface area (Å²) in [6.45, 7) is -1.19. The summed E-state index contributed by atoms with van der Waals surface area (Å²) < 4.78 is 54.1. The first-order valence-corrected chi connectivity index (χ1v) is 8.43. The summed E-state index contributed by atoms with van der Waals surface area (Å²) in [7, 11) is 1.34. The molecule has 0 saturated heterocycles. The first-order valence-electron chi connectivity index (χ1n) is 8.05. The minimum atomic E-state index is -3.00. The zero-order valence-corrected chi connectivity index (χ0v) is 15.4. The number of alkyl halides is 2. The van der Waals surface area contributed by atoms with E-state index in [0.29, 0.717) is 27.7 Å². The Bertz CT molecular complexity index is 1210. The van der Waals surface area contributed by atoms with Gasteiger partial charge in [-0.1, -0.05) is 11.6 Å². The SMILES string of the molecule is COc1cc2cc(-c3cc(C)cc4nc(OC(F)F)cnc34)oc2c(Cl)c1F. The molecule has 0 spiro atoms. The quantitative estimate of drug-likeness (QED) is 0.430. The highest BCUT2D eigenvalue weighted by Gasteiger charge is 2.19. The maximum absolute atomic E-state index is 14.2. The van der Waals surface area contributed by atoms with Crippen molar-refractivity contribution in [2.24, 2.45) is 0 Å². The van der Waals surface area contributed by atoms with Crippen LogP contribution in [-0.2, 0) is 0 Å². The number of halogens is 4. The molecule has 2 aromatic heterocycles. The third kappa shape index (κ3) is 3.09. The van der Waals surface area contributed by atoms with Gasteiger partial charge < -0.3 is 13.9 Å². The van der Waals surface area contributed by atoms with E-state index in [1.54, 1.807) is 18.2 Å². The summed E-state index contributed by atoms with van der Waals surface area (Å²) in [6, 6.07) is 6.62. The molecule has 0 unspecified atom stereocenters. The number of aromatic nitrogens is 2. The smallest absolute Gasteiger partial charge is 0.388 e. The molecule has 2 heterocycles. The van der Waals surface area contributed by atoms with Crippen LogP contribution in [0.5, 0.6) is 11.6 Å². The van der Waals surface area contributed by atoms with E-state index in [1.165, 1.54) is 13.2 Å². The highest BCUT2D eigenvalue weighted by atomic mass is 35.5. The Morgan fingerprint density at radius 3 is 2.68 bits per heavy atom. The molecule has 0 atom stereocenters. The second-order valence-corrected chi connectivity index (χ2v) is 6.38. The van der Waals surface area contributed by atoms with Crippen LogP contribution in [0.25, 0.3) is 33.3 Å². The van der Waals surface area contributed by atoms with Crippen molar-refractivity contribution >= 4 is 33.6 Å². The molecule has 144 valence electrons. The van der Waals surface area contributed by atoms with E-state index in [9.17, 15) is 13.2 Å². The minimum absolute atomic E-state index is 0.00692. The molecule has 0 N–H and O–H groups in total. The number of nitrogens with zero attached hydrogens (tertiary/aromatic N) is 2. The predicted molar refractivity (Wildman–Crippen MR) is 97.6 cm³/mol. The number of hydrogen-bond donors (Lipinski definition) is 0. The number of rotatable bonds is 4. The van der Waals surface area contributed by atoms with Gasteiger partial charge in [-0.2, -0.15) is 8.78 Å². The lowest BCUT2D eigenvalue weighted by atomic mass is 10.1. The van der Waals surface area contributed by atoms with E-state index >= 15 is 0 Å². The van der Waals surface area contributed by atoms with Gasteiger partial charge in [0, 0.05) is 10.9 Å². The number of ether oxygens (including phenoxy) is 2. The highest BCUT2D eigenvalue weighted by molar-refractivity contribution is 6.35. The molecule has 28 heavy (non-hydrogen) atoms. The van der Waals surface area contributed by atoms with Crippen LogP contribution in [0.15, 0.2) is 34.9 Å². The van der Waals surface area contributed by atoms with Gasteiger partial charge >= 0.3 is 6.61 Å². The number of furan rings is 1. The van der Waals surface area contributed by atoms with Crippen LogP contribution in [0.4, 0.5) is 13.2 Å². The Morgan fingerprint density at radius 1 is 1.18 bits per heavy atom. The Hall–Kier alpha value is -3.00. The molecule has 4 rings (SSSR count). The van der Waals surface area contributed by atoms with Crippen LogP contribution in [-0.4, -0.2) is 23.7 Å². The molecule has 0 fully saturated rings. The zero-order chi connectivity index (χ0) is 20.0. The van der Waals surface area contributed by atoms with Gasteiger partial charge in [0.05, 0.1) is 24.3 Å². The predicted octanol–water partition coefficient (Wildman–Crippen LogP) is 5.75. The van der Waals surface area contributed by atoms with Crippen molar-refractivity contribution in [2.75, 3.05) is 7.11 Å². The number of methoxy groups -OCH3 is 1. The van der Waals surface area contributed by atoms with Crippen molar-refractivity contribution in [1.29, 1.82) is 0 Å². The van der Waals surface area contributed by atoms with Gasteiger partial charge in [-0.25, -0.2) is 14.4 Å². The van der Waals surface area contributed by atoms with Crippen LogP contribution < -0.4 is 9.47 Å². The third-order valence-electron chi connectivity index (χ3n) is 4.12. The molecule has 4 aromatic rings. The van der Waals surface area contributed by atoms with Crippen molar-refractivity contribution in [1.82, 2.24) is 9.97 Å². The lowest BCUT2D eigenvalue weighted by Gasteiger charge is -2.07. The lowest BCUT2D eigenvalue weighted by Crippen LogP contribution is -2.04. The Balaban J connectivity index is 1.92. The van der Waals surface area contributed by atoms with Crippen LogP contribution in [0, 0.1) is 12.7 Å². The summed E-state index contributed by atoms with van der Waals surface area (Å²) in [5.74, 6) is -0.652. The van der Waals surface area contributed by atoms with Crippen LogP contribution >= 0.6 is 11.6 Å². The van der Waals surface area contributed by atoms with Crippen molar-refractivity contribution in [3.05, 3.63) is 46.9 Å². The van der Waals surface area contributed by atoms with Crippen LogP contribution in [0.3, 0.4) is 0 Å². The maximum Gasteiger partial charge on any atom is 0.388 e. The summed E-state index contributed by atoms with van der Waals surface area (Å²) >= 11 is 6.07. The first kappa shape index (κ1) is 18.4. The fourth-order valence-corrected chi connectivity index (χ4v) is 3.20. The van der Waals surface area contributed by atoms with Crippen LogP contribution in [0.2, 0.25) is 5.02 Å². The molecule has 2 aromatic carbocycles. The Kier molecular flexibility index (Phi) is 4.50. The van der Waals surface area contributed by atoms with Gasteiger partial charge in [0.2, 0.25) is 5.88 Å². The average molecular weight is 409 g/mol. The standard InChI is InChI=1S/C19H12ClF3N2O3/c1-8-3-10(17-11(4-8)25-14(7-24-17)28-19(22)23)12-5-9-6-13(26-2)16(21)15(20)18(9)27-12/h3-7,19H,1-2H3. The average Bonchev–Trinajstić information content (AvgIpc) is 3.07. The van der Waals surface area contributed by atoms with Gasteiger partial charge in [0.15, 0.2) is 17.1 Å². The molecule has 0 aliphatic rings. The number of hydrogen-bond acceptors (Lipinski definition) is 5. The molecule has 0 aliphatic carbocycles. The minimum Gasteiger partial charge on any atom is -0.494 e. The van der Waals surface area contributed by atoms with E-state index < -0.39 is 12.4 Å². The van der Waals surface area contributed by atoms with Crippen molar-refractivity contribution < 1.29 is 27.1 Å². The largest absolute Gasteiger partial charge is 0.494 e. The molecule has 0 amide bonds. The maximum atomic E-state index is 14.2. The van der Waals surface area contributed by atoms with E-state index in [-0.39, 0.29) is 22.2 Å². The van der Waals surface area contributed by atoms with Gasteiger partial charge in [-0.3, -0.25) is 0 Å². The monoisotopic (exact) mass is 408 g/mol. The Morgan fingerprint density at radius 2 is 1.96 bits per heavy atom. The van der Waals surface area contributed by atoms with Crippen molar-refractivity contribution in [2.45, 2.75) is 13.5 Å². The van der Waals surface area contributed by atoms with E-state index in [2.05, 4.69) is 14.7 Å². The molecule has 0 saturated carbocycles. The van der Waals surface area contributed by atoms with Gasteiger partial charge in [-0.15, -0.1) is 0 Å². The first-order chi connectivity index (χ1) is 13.4. The highest BCUT2D eigenvalue weighted by Crippen LogP contribution is 2.39. The molecule has 0 bridgehead atoms. The van der Waals surface area contributed by atoms with Gasteiger partial charge in [0.25, 0.3) is 0 Å². The van der Waals surface area contributed by atoms with Crippen LogP contribution in [0.1, 0.15) is 5.56 Å². The summed E-state index contributed by atoms with van der Waals surface area (Å²) in [5.41, 5.74) is 2.27. The van der Waals surface area contributed by atoms with E-state index in [1.807, 2.05) is 6.92 Å². The second kappa shape index (κ2) is 6.87. The van der Waals surface area contributed by atoms with E-state index in [4.69, 9.17) is 20.8 Å². The molecule has 0 radical (unpaired) electrons. The molecule has 5 nitrogen and oxygen atoms in total. The topological polar surface area (TPSA) is 57.4 Å². The third-order valence-corrected chi connectivity index (χ3v) is 4.46. The fourth-order valence-electron chi connectivity index (χ4n) is 2.96. The molecular formula is C19H12ClF3N2O3. The normalized spacial score (nSPS) is 11.5. The van der Waals surface area contributed by atoms with Gasteiger partial charge in [-0.05, 0) is 36.8 Å². The van der Waals surface area contributed by atoms with E-state index in [0.717, 1.165) is 11.8 Å². The van der Waals surface area contributed by atoms with Crippen molar-refractivity contribution in [3.8, 4) is 23.0 Å². The lowest BCUT2D eigenvalue weighted by molar-refractivity contribution is -0.0528. The number of fused-ring (bicyclic) bond motifs is 2. The summed E-state index contributed by atoms with van der Waals surface area (Å²) in [5, 5.41) is 0.342.